The van der Waals surface area contributed by atoms with Gasteiger partial charge in [-0.25, -0.2) is 4.98 Å². The highest BCUT2D eigenvalue weighted by Crippen LogP contribution is 2.45. The van der Waals surface area contributed by atoms with E-state index in [1.165, 1.54) is 35.9 Å². The van der Waals surface area contributed by atoms with Gasteiger partial charge in [-0.05, 0) is 49.7 Å². The molecule has 28 heavy (non-hydrogen) atoms. The van der Waals surface area contributed by atoms with Crippen LogP contribution in [-0.4, -0.2) is 47.9 Å². The van der Waals surface area contributed by atoms with Crippen molar-refractivity contribution in [1.82, 2.24) is 15.2 Å². The highest BCUT2D eigenvalue weighted by atomic mass is 32.1. The molecule has 2 fully saturated rings. The molecule has 1 saturated heterocycles. The van der Waals surface area contributed by atoms with E-state index in [-0.39, 0.29) is 17.4 Å². The van der Waals surface area contributed by atoms with Crippen LogP contribution in [-0.2, 0) is 16.8 Å². The summed E-state index contributed by atoms with van der Waals surface area (Å²) in [5.41, 5.74) is 1.18. The number of fused-ring (bicyclic) bond motifs is 2. The van der Waals surface area contributed by atoms with Crippen molar-refractivity contribution in [2.24, 2.45) is 5.92 Å². The van der Waals surface area contributed by atoms with Crippen LogP contribution in [0, 0.1) is 5.92 Å². The molecule has 148 valence electrons. The number of piperidine rings is 1. The highest BCUT2D eigenvalue weighted by Gasteiger charge is 2.43. The van der Waals surface area contributed by atoms with Gasteiger partial charge in [0.2, 0.25) is 0 Å². The van der Waals surface area contributed by atoms with Crippen molar-refractivity contribution in [3.63, 3.8) is 0 Å². The first kappa shape index (κ1) is 17.9. The summed E-state index contributed by atoms with van der Waals surface area (Å²) in [5, 5.41) is 3.06. The Kier molecular flexibility index (Phi) is 4.47. The lowest BCUT2D eigenvalue weighted by Gasteiger charge is -2.43. The predicted molar refractivity (Wildman–Crippen MR) is 102 cm³/mol. The molecule has 0 aromatic carbocycles. The zero-order chi connectivity index (χ0) is 19.1. The highest BCUT2D eigenvalue weighted by molar-refractivity contribution is 7.14. The first-order chi connectivity index (χ1) is 13.6. The Balaban J connectivity index is 1.30. The fourth-order valence-corrected chi connectivity index (χ4v) is 5.43. The summed E-state index contributed by atoms with van der Waals surface area (Å²) in [5.74, 6) is 0.589. The van der Waals surface area contributed by atoms with Gasteiger partial charge in [-0.15, -0.1) is 11.3 Å². The molecule has 1 N–H and O–H groups in total. The third-order valence-electron chi connectivity index (χ3n) is 5.95. The Morgan fingerprint density at radius 1 is 1.32 bits per heavy atom. The quantitative estimate of drug-likeness (QED) is 0.851. The van der Waals surface area contributed by atoms with Gasteiger partial charge in [0.05, 0.1) is 11.5 Å². The van der Waals surface area contributed by atoms with E-state index in [1.54, 1.807) is 16.2 Å². The van der Waals surface area contributed by atoms with Crippen LogP contribution in [0.1, 0.15) is 56.3 Å². The zero-order valence-corrected chi connectivity index (χ0v) is 16.4. The number of hydrogen-bond donors (Lipinski definition) is 1. The van der Waals surface area contributed by atoms with Crippen LogP contribution in [0.15, 0.2) is 23.1 Å². The van der Waals surface area contributed by atoms with Gasteiger partial charge in [0, 0.05) is 24.5 Å². The van der Waals surface area contributed by atoms with E-state index in [4.69, 9.17) is 9.15 Å². The molecule has 2 aliphatic heterocycles. The lowest BCUT2D eigenvalue weighted by Crippen LogP contribution is -2.47. The molecular weight excluding hydrogens is 378 g/mol. The number of rotatable bonds is 4. The summed E-state index contributed by atoms with van der Waals surface area (Å²) in [7, 11) is 0. The fourth-order valence-electron chi connectivity index (χ4n) is 4.10. The van der Waals surface area contributed by atoms with Crippen LogP contribution in [0.4, 0.5) is 0 Å². The number of nitrogens with zero attached hydrogens (tertiary/aromatic N) is 2. The van der Waals surface area contributed by atoms with E-state index in [1.807, 2.05) is 6.07 Å². The van der Waals surface area contributed by atoms with Crippen LogP contribution in [0.5, 0.6) is 0 Å². The zero-order valence-electron chi connectivity index (χ0n) is 15.6. The summed E-state index contributed by atoms with van der Waals surface area (Å²) in [6, 6.07) is 2.04. The molecule has 5 rings (SSSR count). The Hall–Kier alpha value is -2.19. The van der Waals surface area contributed by atoms with E-state index < -0.39 is 0 Å². The minimum atomic E-state index is -0.381. The third kappa shape index (κ3) is 3.24. The van der Waals surface area contributed by atoms with Gasteiger partial charge in [0.1, 0.15) is 11.9 Å². The van der Waals surface area contributed by atoms with Crippen molar-refractivity contribution in [2.75, 3.05) is 26.2 Å². The second kappa shape index (κ2) is 7.00. The molecule has 1 spiro atoms. The van der Waals surface area contributed by atoms with Gasteiger partial charge in [-0.2, -0.15) is 0 Å². The monoisotopic (exact) mass is 401 g/mol. The molecule has 4 heterocycles. The molecule has 2 aromatic heterocycles. The molecule has 1 saturated carbocycles. The first-order valence-electron chi connectivity index (χ1n) is 9.87. The minimum Gasteiger partial charge on any atom is -0.451 e. The number of ether oxygens (including phenoxy) is 1. The Labute approximate surface area is 167 Å². The molecule has 2 amide bonds. The number of amides is 2. The number of hydrogen-bond acceptors (Lipinski definition) is 6. The van der Waals surface area contributed by atoms with E-state index in [9.17, 15) is 9.59 Å². The number of likely N-dealkylation sites (tertiary alicyclic amines) is 1. The van der Waals surface area contributed by atoms with Crippen molar-refractivity contribution in [3.8, 4) is 0 Å². The van der Waals surface area contributed by atoms with Crippen LogP contribution in [0.3, 0.4) is 0 Å². The van der Waals surface area contributed by atoms with Crippen LogP contribution >= 0.6 is 11.3 Å². The molecule has 0 atom stereocenters. The van der Waals surface area contributed by atoms with Gasteiger partial charge in [-0.1, -0.05) is 0 Å². The maximum absolute atomic E-state index is 12.5. The van der Waals surface area contributed by atoms with Gasteiger partial charge >= 0.3 is 0 Å². The lowest BCUT2D eigenvalue weighted by atomic mass is 9.85. The molecular formula is C20H23N3O4S. The lowest BCUT2D eigenvalue weighted by molar-refractivity contribution is -0.0906. The average molecular weight is 401 g/mol. The number of carbonyl (C=O) groups is 2. The normalized spacial score (nSPS) is 20.8. The maximum atomic E-state index is 12.5. The minimum absolute atomic E-state index is 0.0279. The van der Waals surface area contributed by atoms with E-state index >= 15 is 0 Å². The second-order valence-electron chi connectivity index (χ2n) is 7.88. The van der Waals surface area contributed by atoms with Crippen molar-refractivity contribution >= 4 is 23.2 Å². The first-order valence-corrected chi connectivity index (χ1v) is 10.7. The Morgan fingerprint density at radius 3 is 2.86 bits per heavy atom. The van der Waals surface area contributed by atoms with Crippen molar-refractivity contribution < 1.29 is 18.7 Å². The summed E-state index contributed by atoms with van der Waals surface area (Å²) >= 11 is 1.56. The molecule has 1 aliphatic carbocycles. The number of aromatic nitrogens is 1. The van der Waals surface area contributed by atoms with Gasteiger partial charge in [0.15, 0.2) is 12.1 Å². The summed E-state index contributed by atoms with van der Waals surface area (Å²) in [6.07, 6.45) is 7.40. The fraction of sp³-hybridized carbons (Fsp3) is 0.550. The Bertz CT molecular complexity index is 879. The maximum Gasteiger partial charge on any atom is 0.275 e. The molecule has 0 unspecified atom stereocenters. The van der Waals surface area contributed by atoms with E-state index in [0.29, 0.717) is 31.3 Å². The van der Waals surface area contributed by atoms with Gasteiger partial charge < -0.3 is 19.4 Å². The molecule has 0 radical (unpaired) electrons. The van der Waals surface area contributed by atoms with Crippen LogP contribution in [0.2, 0.25) is 0 Å². The Morgan fingerprint density at radius 2 is 2.14 bits per heavy atom. The number of nitrogens with one attached hydrogen (secondary N) is 1. The predicted octanol–water partition coefficient (Wildman–Crippen LogP) is 2.58. The van der Waals surface area contributed by atoms with Crippen molar-refractivity contribution in [2.45, 2.75) is 37.7 Å². The summed E-state index contributed by atoms with van der Waals surface area (Å²) in [4.78, 5) is 32.7. The molecule has 2 aromatic rings. The second-order valence-corrected chi connectivity index (χ2v) is 8.93. The van der Waals surface area contributed by atoms with Crippen LogP contribution in [0.25, 0.3) is 0 Å². The van der Waals surface area contributed by atoms with Gasteiger partial charge in [-0.3, -0.25) is 9.59 Å². The number of carbonyl (C=O) groups excluding carboxylic acids is 2. The van der Waals surface area contributed by atoms with E-state index in [2.05, 4.69) is 10.3 Å². The number of oxazole rings is 1. The molecule has 7 nitrogen and oxygen atoms in total. The average Bonchev–Trinajstić information content (AvgIpc) is 3.19. The topological polar surface area (TPSA) is 84.7 Å². The standard InChI is InChI=1S/C20H23N3O4S/c24-18(21-10-13-1-2-13)16-9-14-3-8-27-20(17(14)28-16)4-6-23(7-5-20)19(25)15-11-26-12-22-15/h9,11-13H,1-8,10H2,(H,21,24). The van der Waals surface area contributed by atoms with Crippen LogP contribution < -0.4 is 5.32 Å². The largest absolute Gasteiger partial charge is 0.451 e. The summed E-state index contributed by atoms with van der Waals surface area (Å²) < 4.78 is 11.2. The smallest absolute Gasteiger partial charge is 0.275 e. The van der Waals surface area contributed by atoms with Crippen molar-refractivity contribution in [1.29, 1.82) is 0 Å². The summed E-state index contributed by atoms with van der Waals surface area (Å²) in [6.45, 7) is 2.64. The number of thiophene rings is 1. The molecule has 3 aliphatic rings. The van der Waals surface area contributed by atoms with Gasteiger partial charge in [0.25, 0.3) is 11.8 Å². The van der Waals surface area contributed by atoms with E-state index in [0.717, 1.165) is 30.7 Å². The SMILES string of the molecule is O=C(NCC1CC1)c1cc2c(s1)C1(CCN(C(=O)c3cocn3)CC1)OCC2. The molecule has 0 bridgehead atoms. The third-order valence-corrected chi connectivity index (χ3v) is 7.32. The molecule has 8 heteroatoms. The van der Waals surface area contributed by atoms with Crippen molar-refractivity contribution in [3.05, 3.63) is 39.7 Å².